The molecule has 0 aliphatic carbocycles. The van der Waals surface area contributed by atoms with Gasteiger partial charge in [-0.2, -0.15) is 0 Å². The van der Waals surface area contributed by atoms with Gasteiger partial charge in [-0.05, 0) is 32.4 Å². The molecule has 3 heteroatoms. The van der Waals surface area contributed by atoms with Gasteiger partial charge in [-0.15, -0.1) is 0 Å². The predicted molar refractivity (Wildman–Crippen MR) is 70.1 cm³/mol. The fraction of sp³-hybridized carbons (Fsp3) is 0.571. The van der Waals surface area contributed by atoms with Crippen molar-refractivity contribution in [2.24, 2.45) is 0 Å². The van der Waals surface area contributed by atoms with Crippen molar-refractivity contribution in [1.82, 2.24) is 5.32 Å². The normalized spacial score (nSPS) is 12.6. The summed E-state index contributed by atoms with van der Waals surface area (Å²) in [4.78, 5) is 0. The number of rotatable bonds is 8. The molecule has 3 nitrogen and oxygen atoms in total. The molecule has 0 heterocycles. The average molecular weight is 237 g/mol. The van der Waals surface area contributed by atoms with Crippen LogP contribution in [0.1, 0.15) is 30.5 Å². The van der Waals surface area contributed by atoms with Crippen LogP contribution in [0.3, 0.4) is 0 Å². The van der Waals surface area contributed by atoms with Crippen LogP contribution in [0.5, 0.6) is 0 Å². The predicted octanol–water partition coefficient (Wildman–Crippen LogP) is 2.04. The van der Waals surface area contributed by atoms with Crippen LogP contribution in [-0.4, -0.2) is 31.5 Å². The number of nitrogens with one attached hydrogen (secondary N) is 1. The Morgan fingerprint density at radius 3 is 2.88 bits per heavy atom. The summed E-state index contributed by atoms with van der Waals surface area (Å²) in [5.74, 6) is 0. The highest BCUT2D eigenvalue weighted by molar-refractivity contribution is 5.24. The van der Waals surface area contributed by atoms with E-state index in [9.17, 15) is 0 Å². The lowest BCUT2D eigenvalue weighted by molar-refractivity contribution is 0.0904. The van der Waals surface area contributed by atoms with Crippen LogP contribution in [0.4, 0.5) is 0 Å². The Morgan fingerprint density at radius 1 is 1.35 bits per heavy atom. The number of ether oxygens (including phenoxy) is 1. The average Bonchev–Trinajstić information content (AvgIpc) is 2.33. The highest BCUT2D eigenvalue weighted by Gasteiger charge is 2.03. The Balaban J connectivity index is 2.19. The van der Waals surface area contributed by atoms with Crippen LogP contribution < -0.4 is 5.32 Å². The fourth-order valence-electron chi connectivity index (χ4n) is 1.72. The van der Waals surface area contributed by atoms with E-state index in [4.69, 9.17) is 9.84 Å². The minimum absolute atomic E-state index is 0.104. The summed E-state index contributed by atoms with van der Waals surface area (Å²) in [5, 5.41) is 12.0. The molecule has 2 N–H and O–H groups in total. The molecule has 0 aliphatic rings. The first-order chi connectivity index (χ1) is 8.24. The molecule has 1 aromatic rings. The molecule has 96 valence electrons. The molecule has 0 amide bonds. The highest BCUT2D eigenvalue weighted by Crippen LogP contribution is 2.13. The van der Waals surface area contributed by atoms with Gasteiger partial charge in [-0.3, -0.25) is 0 Å². The molecule has 1 atom stereocenters. The fourth-order valence-corrected chi connectivity index (χ4v) is 1.72. The van der Waals surface area contributed by atoms with E-state index in [0.29, 0.717) is 19.3 Å². The SMILES string of the molecule is Cc1cccc(C(C)NCCCOCCO)c1. The van der Waals surface area contributed by atoms with Crippen LogP contribution in [0.2, 0.25) is 0 Å². The standard InChI is InChI=1S/C14H23NO2/c1-12-5-3-6-14(11-12)13(2)15-7-4-9-17-10-8-16/h3,5-6,11,13,15-16H,4,7-10H2,1-2H3. The van der Waals surface area contributed by atoms with E-state index in [1.807, 2.05) is 0 Å². The van der Waals surface area contributed by atoms with E-state index in [0.717, 1.165) is 13.0 Å². The summed E-state index contributed by atoms with van der Waals surface area (Å²) >= 11 is 0. The molecule has 0 bridgehead atoms. The van der Waals surface area contributed by atoms with Crippen molar-refractivity contribution < 1.29 is 9.84 Å². The van der Waals surface area contributed by atoms with E-state index in [1.165, 1.54) is 11.1 Å². The van der Waals surface area contributed by atoms with Gasteiger partial charge in [-0.25, -0.2) is 0 Å². The summed E-state index contributed by atoms with van der Waals surface area (Å²) < 4.78 is 5.20. The molecule has 1 rings (SSSR count). The zero-order valence-electron chi connectivity index (χ0n) is 10.8. The molecule has 0 saturated heterocycles. The van der Waals surface area contributed by atoms with E-state index >= 15 is 0 Å². The quantitative estimate of drug-likeness (QED) is 0.680. The van der Waals surface area contributed by atoms with Crippen molar-refractivity contribution in [3.63, 3.8) is 0 Å². The molecule has 0 saturated carbocycles. The van der Waals surface area contributed by atoms with Crippen molar-refractivity contribution in [2.45, 2.75) is 26.3 Å². The second kappa shape index (κ2) is 8.23. The lowest BCUT2D eigenvalue weighted by Gasteiger charge is -2.14. The minimum atomic E-state index is 0.104. The third-order valence-electron chi connectivity index (χ3n) is 2.69. The van der Waals surface area contributed by atoms with Crippen molar-refractivity contribution in [2.75, 3.05) is 26.4 Å². The van der Waals surface area contributed by atoms with Crippen LogP contribution in [0.25, 0.3) is 0 Å². The summed E-state index contributed by atoms with van der Waals surface area (Å²) in [6.45, 7) is 6.46. The molecule has 0 fully saturated rings. The Morgan fingerprint density at radius 2 is 2.18 bits per heavy atom. The van der Waals surface area contributed by atoms with Crippen LogP contribution >= 0.6 is 0 Å². The number of benzene rings is 1. The van der Waals surface area contributed by atoms with Gasteiger partial charge in [0.25, 0.3) is 0 Å². The van der Waals surface area contributed by atoms with Crippen molar-refractivity contribution in [1.29, 1.82) is 0 Å². The molecule has 17 heavy (non-hydrogen) atoms. The largest absolute Gasteiger partial charge is 0.394 e. The first-order valence-corrected chi connectivity index (χ1v) is 6.22. The molecular weight excluding hydrogens is 214 g/mol. The smallest absolute Gasteiger partial charge is 0.0697 e. The van der Waals surface area contributed by atoms with Gasteiger partial charge < -0.3 is 15.2 Å². The number of aliphatic hydroxyl groups is 1. The number of hydrogen-bond donors (Lipinski definition) is 2. The van der Waals surface area contributed by atoms with E-state index < -0.39 is 0 Å². The van der Waals surface area contributed by atoms with Gasteiger partial charge in [0, 0.05) is 12.6 Å². The third-order valence-corrected chi connectivity index (χ3v) is 2.69. The van der Waals surface area contributed by atoms with Crippen molar-refractivity contribution in [3.05, 3.63) is 35.4 Å². The summed E-state index contributed by atoms with van der Waals surface area (Å²) in [5.41, 5.74) is 2.61. The molecule has 0 radical (unpaired) electrons. The third kappa shape index (κ3) is 5.82. The zero-order chi connectivity index (χ0) is 12.5. The lowest BCUT2D eigenvalue weighted by atomic mass is 10.1. The van der Waals surface area contributed by atoms with E-state index in [1.54, 1.807) is 0 Å². The van der Waals surface area contributed by atoms with Gasteiger partial charge in [0.2, 0.25) is 0 Å². The minimum Gasteiger partial charge on any atom is -0.394 e. The van der Waals surface area contributed by atoms with Gasteiger partial charge in [0.15, 0.2) is 0 Å². The van der Waals surface area contributed by atoms with Crippen LogP contribution in [0, 0.1) is 6.92 Å². The van der Waals surface area contributed by atoms with E-state index in [2.05, 4.69) is 43.4 Å². The highest BCUT2D eigenvalue weighted by atomic mass is 16.5. The topological polar surface area (TPSA) is 41.5 Å². The Bertz CT molecular complexity index is 315. The summed E-state index contributed by atoms with van der Waals surface area (Å²) in [6, 6.07) is 8.92. The maximum atomic E-state index is 8.55. The molecule has 0 aromatic heterocycles. The number of hydrogen-bond acceptors (Lipinski definition) is 3. The van der Waals surface area contributed by atoms with Crippen LogP contribution in [-0.2, 0) is 4.74 Å². The first kappa shape index (κ1) is 14.2. The molecular formula is C14H23NO2. The summed E-state index contributed by atoms with van der Waals surface area (Å²) in [7, 11) is 0. The maximum absolute atomic E-state index is 8.55. The molecule has 0 spiro atoms. The van der Waals surface area contributed by atoms with Crippen molar-refractivity contribution >= 4 is 0 Å². The lowest BCUT2D eigenvalue weighted by Crippen LogP contribution is -2.21. The second-order valence-corrected chi connectivity index (χ2v) is 4.28. The van der Waals surface area contributed by atoms with E-state index in [-0.39, 0.29) is 6.61 Å². The maximum Gasteiger partial charge on any atom is 0.0697 e. The number of aryl methyl sites for hydroxylation is 1. The van der Waals surface area contributed by atoms with Crippen molar-refractivity contribution in [3.8, 4) is 0 Å². The Hall–Kier alpha value is -0.900. The monoisotopic (exact) mass is 237 g/mol. The molecule has 1 unspecified atom stereocenters. The van der Waals surface area contributed by atoms with Gasteiger partial charge in [-0.1, -0.05) is 29.8 Å². The number of aliphatic hydroxyl groups excluding tert-OH is 1. The Kier molecular flexibility index (Phi) is 6.86. The van der Waals surface area contributed by atoms with Gasteiger partial charge in [0.05, 0.1) is 13.2 Å². The first-order valence-electron chi connectivity index (χ1n) is 6.22. The molecule has 1 aromatic carbocycles. The Labute approximate surface area is 104 Å². The molecule has 0 aliphatic heterocycles. The zero-order valence-corrected chi connectivity index (χ0v) is 10.8. The van der Waals surface area contributed by atoms with Gasteiger partial charge in [0.1, 0.15) is 0 Å². The van der Waals surface area contributed by atoms with Gasteiger partial charge >= 0.3 is 0 Å². The summed E-state index contributed by atoms with van der Waals surface area (Å²) in [6.07, 6.45) is 0.968. The second-order valence-electron chi connectivity index (χ2n) is 4.28. The van der Waals surface area contributed by atoms with Crippen LogP contribution in [0.15, 0.2) is 24.3 Å².